The molecule has 0 saturated carbocycles. The molecule has 0 aliphatic rings. The molecule has 5 N–H and O–H groups in total. The first-order chi connectivity index (χ1) is 7.82. The van der Waals surface area contributed by atoms with E-state index in [0.29, 0.717) is 0 Å². The summed E-state index contributed by atoms with van der Waals surface area (Å²) in [6.07, 6.45) is 0. The molecule has 0 radical (unpaired) electrons. The van der Waals surface area contributed by atoms with Gasteiger partial charge in [0.1, 0.15) is 5.69 Å². The monoisotopic (exact) mass is 318 g/mol. The molecule has 1 aromatic carbocycles. The molecule has 1 rings (SSSR count). The summed E-state index contributed by atoms with van der Waals surface area (Å²) in [7, 11) is 0. The summed E-state index contributed by atoms with van der Waals surface area (Å²) in [5, 5.41) is 13.2. The Morgan fingerprint density at radius 2 is 2.06 bits per heavy atom. The number of benzene rings is 1. The second-order valence-corrected chi connectivity index (χ2v) is 4.26. The van der Waals surface area contributed by atoms with Gasteiger partial charge in [0.15, 0.2) is 5.11 Å². The SMILES string of the molecule is NC(=O)c1cc(Br)c(NC(N)=S)c([N+](=O)[O-])c1. The van der Waals surface area contributed by atoms with Gasteiger partial charge in [0.2, 0.25) is 5.91 Å². The third-order valence-electron chi connectivity index (χ3n) is 1.80. The fraction of sp³-hybridized carbons (Fsp3) is 0. The number of halogens is 1. The van der Waals surface area contributed by atoms with Crippen LogP contribution in [-0.2, 0) is 0 Å². The van der Waals surface area contributed by atoms with Crippen molar-refractivity contribution in [3.63, 3.8) is 0 Å². The Morgan fingerprint density at radius 1 is 1.47 bits per heavy atom. The quantitative estimate of drug-likeness (QED) is 0.435. The third kappa shape index (κ3) is 3.11. The number of nitrogens with zero attached hydrogens (tertiary/aromatic N) is 1. The minimum Gasteiger partial charge on any atom is -0.376 e. The highest BCUT2D eigenvalue weighted by Gasteiger charge is 2.20. The van der Waals surface area contributed by atoms with Crippen LogP contribution in [0.2, 0.25) is 0 Å². The number of carbonyl (C=O) groups is 1. The number of nitro groups is 1. The summed E-state index contributed by atoms with van der Waals surface area (Å²) in [6.45, 7) is 0. The molecule has 0 atom stereocenters. The molecular formula is C8H7BrN4O3S. The minimum atomic E-state index is -0.768. The molecule has 17 heavy (non-hydrogen) atoms. The van der Waals surface area contributed by atoms with Crippen LogP contribution in [0.3, 0.4) is 0 Å². The molecule has 0 bridgehead atoms. The van der Waals surface area contributed by atoms with Crippen LogP contribution in [0, 0.1) is 10.1 Å². The molecule has 7 nitrogen and oxygen atoms in total. The van der Waals surface area contributed by atoms with Crippen LogP contribution in [0.1, 0.15) is 10.4 Å². The fourth-order valence-electron chi connectivity index (χ4n) is 1.13. The van der Waals surface area contributed by atoms with Crippen molar-refractivity contribution in [1.29, 1.82) is 0 Å². The maximum absolute atomic E-state index is 11.0. The van der Waals surface area contributed by atoms with Gasteiger partial charge in [-0.25, -0.2) is 0 Å². The van der Waals surface area contributed by atoms with E-state index in [4.69, 9.17) is 11.5 Å². The molecule has 90 valence electrons. The molecule has 0 aliphatic carbocycles. The topological polar surface area (TPSA) is 124 Å². The van der Waals surface area contributed by atoms with E-state index in [9.17, 15) is 14.9 Å². The van der Waals surface area contributed by atoms with Crippen LogP contribution in [0.4, 0.5) is 11.4 Å². The van der Waals surface area contributed by atoms with Crippen LogP contribution in [0.15, 0.2) is 16.6 Å². The largest absolute Gasteiger partial charge is 0.376 e. The number of primary amides is 1. The van der Waals surface area contributed by atoms with Gasteiger partial charge in [-0.05, 0) is 34.2 Å². The molecule has 0 heterocycles. The maximum atomic E-state index is 11.0. The summed E-state index contributed by atoms with van der Waals surface area (Å²) in [5.74, 6) is -0.768. The number of carbonyl (C=O) groups excluding carboxylic acids is 1. The van der Waals surface area contributed by atoms with Gasteiger partial charge < -0.3 is 16.8 Å². The number of amides is 1. The number of hydrogen-bond donors (Lipinski definition) is 3. The van der Waals surface area contributed by atoms with Crippen LogP contribution >= 0.6 is 28.1 Å². The Bertz CT molecular complexity index is 520. The number of anilines is 1. The molecule has 0 fully saturated rings. The lowest BCUT2D eigenvalue weighted by Gasteiger charge is -2.08. The fourth-order valence-corrected chi connectivity index (χ4v) is 1.78. The van der Waals surface area contributed by atoms with Crippen molar-refractivity contribution in [3.05, 3.63) is 32.3 Å². The maximum Gasteiger partial charge on any atom is 0.294 e. The van der Waals surface area contributed by atoms with Gasteiger partial charge in [0, 0.05) is 16.1 Å². The summed E-state index contributed by atoms with van der Waals surface area (Å²) in [6, 6.07) is 2.39. The molecule has 9 heteroatoms. The van der Waals surface area contributed by atoms with E-state index >= 15 is 0 Å². The van der Waals surface area contributed by atoms with Crippen molar-refractivity contribution >= 4 is 50.5 Å². The molecule has 0 aromatic heterocycles. The number of hydrogen-bond acceptors (Lipinski definition) is 4. The second kappa shape index (κ2) is 5.06. The zero-order valence-corrected chi connectivity index (χ0v) is 10.7. The lowest BCUT2D eigenvalue weighted by atomic mass is 10.1. The standard InChI is InChI=1S/C8H7BrN4O3S/c9-4-1-3(7(10)14)2-5(13(15)16)6(4)12-8(11)17/h1-2H,(H2,10,14)(H3,11,12,17). The molecule has 1 aromatic rings. The molecule has 1 amide bonds. The van der Waals surface area contributed by atoms with Gasteiger partial charge in [0.05, 0.1) is 4.92 Å². The molecule has 0 aliphatic heterocycles. The number of rotatable bonds is 3. The van der Waals surface area contributed by atoms with Gasteiger partial charge in [-0.3, -0.25) is 14.9 Å². The average Bonchev–Trinajstić information content (AvgIpc) is 2.19. The highest BCUT2D eigenvalue weighted by molar-refractivity contribution is 9.10. The first kappa shape index (κ1) is 13.3. The lowest BCUT2D eigenvalue weighted by Crippen LogP contribution is -2.20. The smallest absolute Gasteiger partial charge is 0.294 e. The Balaban J connectivity index is 3.43. The van der Waals surface area contributed by atoms with E-state index in [2.05, 4.69) is 33.5 Å². The van der Waals surface area contributed by atoms with Crippen molar-refractivity contribution in [3.8, 4) is 0 Å². The minimum absolute atomic E-state index is 0.0112. The van der Waals surface area contributed by atoms with E-state index in [1.165, 1.54) is 6.07 Å². The summed E-state index contributed by atoms with van der Waals surface area (Å²) in [5.41, 5.74) is 10.0. The molecule has 0 saturated heterocycles. The highest BCUT2D eigenvalue weighted by Crippen LogP contribution is 2.33. The Morgan fingerprint density at radius 3 is 2.47 bits per heavy atom. The zero-order chi connectivity index (χ0) is 13.2. The van der Waals surface area contributed by atoms with Crippen molar-refractivity contribution in [2.75, 3.05) is 5.32 Å². The van der Waals surface area contributed by atoms with Gasteiger partial charge >= 0.3 is 0 Å². The number of nitrogens with two attached hydrogens (primary N) is 2. The predicted octanol–water partition coefficient (Wildman–Crippen LogP) is 1.11. The lowest BCUT2D eigenvalue weighted by molar-refractivity contribution is -0.384. The predicted molar refractivity (Wildman–Crippen MR) is 69.7 cm³/mol. The van der Waals surface area contributed by atoms with Crippen LogP contribution < -0.4 is 16.8 Å². The van der Waals surface area contributed by atoms with Crippen molar-refractivity contribution in [1.82, 2.24) is 0 Å². The van der Waals surface area contributed by atoms with E-state index in [0.717, 1.165) is 6.07 Å². The zero-order valence-electron chi connectivity index (χ0n) is 8.27. The first-order valence-corrected chi connectivity index (χ1v) is 5.37. The first-order valence-electron chi connectivity index (χ1n) is 4.17. The second-order valence-electron chi connectivity index (χ2n) is 2.96. The van der Waals surface area contributed by atoms with Gasteiger partial charge in [-0.2, -0.15) is 0 Å². The highest BCUT2D eigenvalue weighted by atomic mass is 79.9. The summed E-state index contributed by atoms with van der Waals surface area (Å²) in [4.78, 5) is 21.1. The Kier molecular flexibility index (Phi) is 3.97. The molecule has 0 spiro atoms. The van der Waals surface area contributed by atoms with E-state index in [1.54, 1.807) is 0 Å². The van der Waals surface area contributed by atoms with Crippen molar-refractivity contribution in [2.45, 2.75) is 0 Å². The normalized spacial score (nSPS) is 9.71. The van der Waals surface area contributed by atoms with Gasteiger partial charge in [-0.15, -0.1) is 0 Å². The Labute approximate surface area is 109 Å². The van der Waals surface area contributed by atoms with Crippen LogP contribution in [-0.4, -0.2) is 15.9 Å². The summed E-state index contributed by atoms with van der Waals surface area (Å²) >= 11 is 7.67. The number of thiocarbonyl (C=S) groups is 1. The van der Waals surface area contributed by atoms with Crippen LogP contribution in [0.25, 0.3) is 0 Å². The average molecular weight is 319 g/mol. The Hall–Kier alpha value is -1.74. The third-order valence-corrected chi connectivity index (χ3v) is 2.53. The number of nitro benzene ring substituents is 1. The molecular weight excluding hydrogens is 312 g/mol. The van der Waals surface area contributed by atoms with Crippen molar-refractivity contribution < 1.29 is 9.72 Å². The number of nitrogens with one attached hydrogen (secondary N) is 1. The molecule has 0 unspecified atom stereocenters. The van der Waals surface area contributed by atoms with E-state index < -0.39 is 10.8 Å². The van der Waals surface area contributed by atoms with E-state index in [-0.39, 0.29) is 26.5 Å². The summed E-state index contributed by atoms with van der Waals surface area (Å²) < 4.78 is 0.272. The van der Waals surface area contributed by atoms with Crippen molar-refractivity contribution in [2.24, 2.45) is 11.5 Å². The van der Waals surface area contributed by atoms with Gasteiger partial charge in [0.25, 0.3) is 5.69 Å². The van der Waals surface area contributed by atoms with E-state index in [1.807, 2.05) is 0 Å². The van der Waals surface area contributed by atoms with Gasteiger partial charge in [-0.1, -0.05) is 0 Å². The van der Waals surface area contributed by atoms with Crippen LogP contribution in [0.5, 0.6) is 0 Å².